The molecule has 0 bridgehead atoms. The Balaban J connectivity index is 0.0000000944. The molecular weight excluding hydrogens is 1820 g/mol. The monoisotopic (exact) mass is 1890 g/mol. The molecule has 0 N–H and O–H groups in total. The summed E-state index contributed by atoms with van der Waals surface area (Å²) in [5, 5.41) is 39.2. The van der Waals surface area contributed by atoms with Crippen LogP contribution in [0.2, 0.25) is 0 Å². The van der Waals surface area contributed by atoms with E-state index >= 15 is 0 Å². The Kier molecular flexibility index (Phi) is 15.6. The van der Waals surface area contributed by atoms with Crippen LogP contribution in [0.25, 0.3) is 334 Å². The number of hydrogen-bond acceptors (Lipinski definition) is 6. The van der Waals surface area contributed by atoms with Gasteiger partial charge in [0.25, 0.3) is 0 Å². The fraction of sp³-hybridized carbons (Fsp3) is 0. The topological polar surface area (TPSA) is 110 Å². The molecule has 0 atom stereocenters. The summed E-state index contributed by atoms with van der Waals surface area (Å²) in [5.74, 6) is 3.95. The quantitative estimate of drug-likeness (QED) is 0.170. The molecule has 0 amide bonds. The van der Waals surface area contributed by atoms with E-state index in [0.717, 1.165) is 117 Å². The molecular formula is C136H75N13. The zero-order valence-corrected chi connectivity index (χ0v) is 79.6. The van der Waals surface area contributed by atoms with Gasteiger partial charge >= 0.3 is 0 Å². The molecule has 0 aliphatic heterocycles. The normalized spacial score (nSPS) is 12.6. The summed E-state index contributed by atoms with van der Waals surface area (Å²) in [7, 11) is 0. The second-order valence-electron chi connectivity index (χ2n) is 40.2. The lowest BCUT2D eigenvalue weighted by Crippen LogP contribution is -2.07. The molecule has 37 rings (SSSR count). The number of fused-ring (bicyclic) bond motifs is 43. The van der Waals surface area contributed by atoms with Crippen molar-refractivity contribution >= 4 is 277 Å². The number of benzene rings is 23. The summed E-state index contributed by atoms with van der Waals surface area (Å²) in [4.78, 5) is 32.1. The van der Waals surface area contributed by atoms with Gasteiger partial charge in [-0.05, 0) is 176 Å². The number of para-hydroxylation sites is 9. The molecule has 13 aromatic heterocycles. The van der Waals surface area contributed by atoms with E-state index in [-0.39, 0.29) is 0 Å². The molecule has 1 aliphatic carbocycles. The highest BCUT2D eigenvalue weighted by Gasteiger charge is 2.34. The molecule has 1 aliphatic rings. The highest BCUT2D eigenvalue weighted by Crippen LogP contribution is 2.55. The highest BCUT2D eigenvalue weighted by molar-refractivity contribution is 6.41. The van der Waals surface area contributed by atoms with Crippen LogP contribution in [0.5, 0.6) is 0 Å². The molecule has 149 heavy (non-hydrogen) atoms. The first-order chi connectivity index (χ1) is 74.0. The van der Waals surface area contributed by atoms with Crippen molar-refractivity contribution in [1.82, 2.24) is 61.4 Å². The molecule has 0 fully saturated rings. The van der Waals surface area contributed by atoms with Crippen molar-refractivity contribution in [2.24, 2.45) is 0 Å². The first kappa shape index (κ1) is 79.3. The van der Waals surface area contributed by atoms with Gasteiger partial charge in [-0.3, -0.25) is 23.3 Å². The maximum Gasteiger partial charge on any atom is 0.237 e. The standard InChI is InChI=1S/C52H29N5.C42H22N4.C42H24N4/c1-2-15-32-28-45-39(27-31(32)14-1)48-46(29-38-34-17-6-10-22-41(34)55-42-23-11-8-20-37(42)49(48)50(38)55)56(45)51-35-18-5-9-21-40(35)53-52(54-51)57-43-24-12-7-19-36(43)47-33-16-4-3-13-30(33)25-26-44(47)57;1-2-10-25-20-34-31(19-24(25)9-1)38-35(21-30-26-13-3-5-17-32(26)46-33-18-6-4-14-27(33)39(38)42(30)46)45(34)36-22-43-40-28-15-7-11-23-12-8-16-29(37(23)28)41(40)44-36;1-2-12-25(13-3-1)41-43-33-19-9-6-17-29(33)42(44-41)46-36-23-27-15-5-4-14-26(27)22-32(36)38-37(46)24-31-28-16-7-10-20-34(28)45-35-21-11-8-18-30(35)39(38)40(31)45/h1-29H;1-22H;1-24H. The summed E-state index contributed by atoms with van der Waals surface area (Å²) >= 11 is 0. The molecule has 13 heteroatoms. The van der Waals surface area contributed by atoms with Crippen LogP contribution in [0, 0.1) is 0 Å². The summed E-state index contributed by atoms with van der Waals surface area (Å²) in [6.45, 7) is 0. The molecule has 0 spiro atoms. The van der Waals surface area contributed by atoms with Crippen molar-refractivity contribution in [3.05, 3.63) is 455 Å². The molecule has 684 valence electrons. The average Bonchev–Trinajstić information content (AvgIpc) is 1.52. The van der Waals surface area contributed by atoms with Crippen LogP contribution < -0.4 is 0 Å². The lowest BCUT2D eigenvalue weighted by atomic mass is 10.0. The van der Waals surface area contributed by atoms with Gasteiger partial charge in [0.1, 0.15) is 5.82 Å². The number of rotatable bonds is 5. The van der Waals surface area contributed by atoms with E-state index in [1.165, 1.54) is 211 Å². The van der Waals surface area contributed by atoms with Gasteiger partial charge in [-0.25, -0.2) is 19.9 Å². The van der Waals surface area contributed by atoms with Crippen LogP contribution in [0.1, 0.15) is 0 Å². The second-order valence-corrected chi connectivity index (χ2v) is 40.2. The molecule has 0 saturated carbocycles. The van der Waals surface area contributed by atoms with Gasteiger partial charge in [-0.2, -0.15) is 4.98 Å². The van der Waals surface area contributed by atoms with Gasteiger partial charge in [0.05, 0.1) is 122 Å². The number of hydrogen-bond donors (Lipinski definition) is 0. The van der Waals surface area contributed by atoms with Crippen LogP contribution in [0.3, 0.4) is 0 Å². The summed E-state index contributed by atoms with van der Waals surface area (Å²) in [5.41, 5.74) is 27.3. The van der Waals surface area contributed by atoms with E-state index in [4.69, 9.17) is 29.9 Å². The van der Waals surface area contributed by atoms with E-state index < -0.39 is 0 Å². The minimum Gasteiger partial charge on any atom is -0.308 e. The molecule has 0 saturated heterocycles. The Hall–Kier alpha value is -20.3. The second kappa shape index (κ2) is 29.3. The van der Waals surface area contributed by atoms with Crippen molar-refractivity contribution in [2.45, 2.75) is 0 Å². The molecule has 23 aromatic carbocycles. The number of nitrogens with zero attached hydrogens (tertiary/aromatic N) is 13. The third kappa shape index (κ3) is 10.6. The van der Waals surface area contributed by atoms with Crippen molar-refractivity contribution in [3.63, 3.8) is 0 Å². The first-order valence-electron chi connectivity index (χ1n) is 51.0. The lowest BCUT2D eigenvalue weighted by molar-refractivity contribution is 0.973. The minimum absolute atomic E-state index is 0.647. The van der Waals surface area contributed by atoms with Crippen molar-refractivity contribution in [3.8, 4) is 57.3 Å². The SMILES string of the molecule is c1ccc(-c2nc(-n3c4cc5ccccc5cc4c4c5c6ccccc6n6c7ccccc7c(cc43)c56)c3ccccc3n2)cc1.c1ccc2cc3c(cc2c1)c1c2c4ccccc4n4c5ccccc5c(cc1n3-c1cnc3c(n1)-c1cccc5cccc-3c15)c24.c1ccc2cc3c(cc2c1)c1c2c4ccccc4n4c5ccccc5c(cc1n3-c1nc(-n3c5ccccc5c5c6ccccc6ccc53)nc3ccccc13)c24. The summed E-state index contributed by atoms with van der Waals surface area (Å²) in [6.07, 6.45) is 1.97. The Bertz CT molecular complexity index is 12400. The van der Waals surface area contributed by atoms with Crippen LogP contribution in [-0.4, -0.2) is 61.4 Å². The Morgan fingerprint density at radius 1 is 0.168 bits per heavy atom. The molecule has 13 nitrogen and oxygen atoms in total. The van der Waals surface area contributed by atoms with E-state index in [2.05, 4.69) is 462 Å². The number of aromatic nitrogens is 13. The van der Waals surface area contributed by atoms with Crippen LogP contribution in [-0.2, 0) is 0 Å². The predicted octanol–water partition coefficient (Wildman–Crippen LogP) is 34.7. The zero-order valence-electron chi connectivity index (χ0n) is 79.6. The smallest absolute Gasteiger partial charge is 0.237 e. The van der Waals surface area contributed by atoms with Gasteiger partial charge in [-0.15, -0.1) is 0 Å². The lowest BCUT2D eigenvalue weighted by Gasteiger charge is -2.14. The van der Waals surface area contributed by atoms with Crippen molar-refractivity contribution in [1.29, 1.82) is 0 Å². The van der Waals surface area contributed by atoms with Gasteiger partial charge in [0, 0.05) is 141 Å². The van der Waals surface area contributed by atoms with E-state index in [0.29, 0.717) is 5.95 Å². The van der Waals surface area contributed by atoms with Gasteiger partial charge in [0.2, 0.25) is 5.95 Å². The Morgan fingerprint density at radius 2 is 0.523 bits per heavy atom. The van der Waals surface area contributed by atoms with Crippen molar-refractivity contribution < 1.29 is 0 Å². The highest BCUT2D eigenvalue weighted by atomic mass is 15.2. The maximum atomic E-state index is 5.70. The molecule has 13 heterocycles. The van der Waals surface area contributed by atoms with Crippen molar-refractivity contribution in [2.75, 3.05) is 0 Å². The average molecular weight is 1890 g/mol. The van der Waals surface area contributed by atoms with Gasteiger partial charge in [0.15, 0.2) is 17.5 Å². The maximum absolute atomic E-state index is 5.70. The minimum atomic E-state index is 0.647. The van der Waals surface area contributed by atoms with E-state index in [9.17, 15) is 0 Å². The predicted molar refractivity (Wildman–Crippen MR) is 620 cm³/mol. The Labute approximate surface area is 845 Å². The Morgan fingerprint density at radius 3 is 1.00 bits per heavy atom. The van der Waals surface area contributed by atoms with Crippen LogP contribution in [0.4, 0.5) is 0 Å². The fourth-order valence-electron chi connectivity index (χ4n) is 26.6. The molecule has 0 radical (unpaired) electrons. The van der Waals surface area contributed by atoms with Crippen LogP contribution in [0.15, 0.2) is 455 Å². The molecule has 36 aromatic rings. The first-order valence-corrected chi connectivity index (χ1v) is 51.0. The van der Waals surface area contributed by atoms with Gasteiger partial charge in [-0.1, -0.05) is 322 Å². The summed E-state index contributed by atoms with van der Waals surface area (Å²) < 4.78 is 16.9. The van der Waals surface area contributed by atoms with E-state index in [1.807, 2.05) is 24.4 Å². The third-order valence-electron chi connectivity index (χ3n) is 32.7. The summed E-state index contributed by atoms with van der Waals surface area (Å²) in [6, 6.07) is 162. The molecule has 0 unspecified atom stereocenters. The van der Waals surface area contributed by atoms with E-state index in [1.54, 1.807) is 0 Å². The largest absolute Gasteiger partial charge is 0.308 e. The zero-order chi connectivity index (χ0) is 96.5. The fourth-order valence-corrected chi connectivity index (χ4v) is 26.6. The van der Waals surface area contributed by atoms with Crippen LogP contribution >= 0.6 is 0 Å². The van der Waals surface area contributed by atoms with Gasteiger partial charge < -0.3 is 13.2 Å². The third-order valence-corrected chi connectivity index (χ3v) is 32.7.